The molecule has 0 atom stereocenters. The maximum atomic E-state index is 5.27. The van der Waals surface area contributed by atoms with Gasteiger partial charge in [-0.05, 0) is 25.8 Å². The number of methoxy groups -OCH3 is 1. The summed E-state index contributed by atoms with van der Waals surface area (Å²) in [4.78, 5) is 5.83. The Hall–Kier alpha value is -1.92. The highest BCUT2D eigenvalue weighted by Crippen LogP contribution is 2.40. The number of aromatic amines is 1. The molecule has 0 aromatic carbocycles. The quantitative estimate of drug-likeness (QED) is 0.744. The van der Waals surface area contributed by atoms with Gasteiger partial charge >= 0.3 is 0 Å². The Morgan fingerprint density at radius 1 is 1.41 bits per heavy atom. The largest absolute Gasteiger partial charge is 0.380 e. The molecule has 0 bridgehead atoms. The fraction of sp³-hybridized carbons (Fsp3) is 0.375. The molecule has 1 saturated carbocycles. The summed E-state index contributed by atoms with van der Waals surface area (Å²) in [7, 11) is 1.71. The van der Waals surface area contributed by atoms with Gasteiger partial charge in [0.1, 0.15) is 5.82 Å². The maximum absolute atomic E-state index is 5.27. The number of fused-ring (bicyclic) bond motifs is 1. The molecular weight excluding hydrogens is 296 g/mol. The first-order chi connectivity index (χ1) is 10.7. The van der Waals surface area contributed by atoms with Crippen molar-refractivity contribution in [2.75, 3.05) is 12.4 Å². The summed E-state index contributed by atoms with van der Waals surface area (Å²) in [5, 5.41) is 11.9. The molecule has 0 aliphatic heterocycles. The van der Waals surface area contributed by atoms with Crippen LogP contribution in [0.5, 0.6) is 0 Å². The van der Waals surface area contributed by atoms with Crippen LogP contribution in [0.3, 0.4) is 0 Å². The maximum Gasteiger partial charge on any atom is 0.153 e. The van der Waals surface area contributed by atoms with Crippen LogP contribution in [0, 0.1) is 6.92 Å². The average molecular weight is 314 g/mol. The smallest absolute Gasteiger partial charge is 0.153 e. The molecule has 3 aromatic heterocycles. The van der Waals surface area contributed by atoms with Crippen LogP contribution in [0.25, 0.3) is 10.1 Å². The van der Waals surface area contributed by atoms with Crippen LogP contribution in [-0.4, -0.2) is 22.3 Å². The van der Waals surface area contributed by atoms with Crippen LogP contribution in [0.1, 0.15) is 34.9 Å². The van der Waals surface area contributed by atoms with E-state index in [1.54, 1.807) is 18.4 Å². The van der Waals surface area contributed by atoms with Gasteiger partial charge in [-0.15, -0.1) is 11.3 Å². The zero-order valence-electron chi connectivity index (χ0n) is 12.6. The number of rotatable bonds is 5. The molecule has 4 rings (SSSR count). The lowest BCUT2D eigenvalue weighted by atomic mass is 10.2. The standard InChI is InChI=1S/C16H18N4OS/c1-9-5-12-15(22-9)11(8-21-2)7-17-16(12)18-14-6-13(19-20-14)10-3-4-10/h5-7,10H,3-4,8H2,1-2H3,(H2,17,18,19,20). The van der Waals surface area contributed by atoms with E-state index < -0.39 is 0 Å². The van der Waals surface area contributed by atoms with Gasteiger partial charge in [-0.1, -0.05) is 0 Å². The van der Waals surface area contributed by atoms with Crippen LogP contribution in [-0.2, 0) is 11.3 Å². The molecule has 3 aromatic rings. The number of nitrogens with zero attached hydrogens (tertiary/aromatic N) is 2. The minimum atomic E-state index is 0.581. The Balaban J connectivity index is 1.69. The molecule has 0 unspecified atom stereocenters. The van der Waals surface area contributed by atoms with Gasteiger partial charge in [-0.25, -0.2) is 4.98 Å². The first-order valence-electron chi connectivity index (χ1n) is 7.44. The van der Waals surface area contributed by atoms with Crippen molar-refractivity contribution in [2.24, 2.45) is 0 Å². The van der Waals surface area contributed by atoms with E-state index in [9.17, 15) is 0 Å². The second kappa shape index (κ2) is 5.37. The molecule has 3 heterocycles. The Kier molecular flexibility index (Phi) is 3.35. The number of hydrogen-bond acceptors (Lipinski definition) is 5. The van der Waals surface area contributed by atoms with E-state index in [-0.39, 0.29) is 0 Å². The summed E-state index contributed by atoms with van der Waals surface area (Å²) < 4.78 is 6.50. The average Bonchev–Trinajstić information content (AvgIpc) is 3.11. The molecule has 0 amide bonds. The second-order valence-electron chi connectivity index (χ2n) is 5.77. The molecule has 114 valence electrons. The van der Waals surface area contributed by atoms with Crippen LogP contribution in [0.2, 0.25) is 0 Å². The summed E-state index contributed by atoms with van der Waals surface area (Å²) in [5.41, 5.74) is 2.35. The Labute approximate surface area is 132 Å². The van der Waals surface area contributed by atoms with Crippen LogP contribution < -0.4 is 5.32 Å². The summed E-state index contributed by atoms with van der Waals surface area (Å²) in [6.45, 7) is 2.70. The number of aromatic nitrogens is 3. The predicted molar refractivity (Wildman–Crippen MR) is 88.9 cm³/mol. The van der Waals surface area contributed by atoms with E-state index in [2.05, 4.69) is 39.6 Å². The van der Waals surface area contributed by atoms with Crippen molar-refractivity contribution >= 4 is 33.1 Å². The normalized spacial score (nSPS) is 14.6. The van der Waals surface area contributed by atoms with Gasteiger partial charge < -0.3 is 10.1 Å². The molecule has 5 nitrogen and oxygen atoms in total. The zero-order valence-corrected chi connectivity index (χ0v) is 13.5. The molecule has 2 N–H and O–H groups in total. The monoisotopic (exact) mass is 314 g/mol. The van der Waals surface area contributed by atoms with Crippen molar-refractivity contribution < 1.29 is 4.74 Å². The number of anilines is 2. The number of pyridine rings is 1. The van der Waals surface area contributed by atoms with Gasteiger partial charge in [-0.2, -0.15) is 5.10 Å². The molecule has 0 saturated heterocycles. The number of H-pyrrole nitrogens is 1. The third kappa shape index (κ3) is 2.48. The second-order valence-corrected chi connectivity index (χ2v) is 7.03. The van der Waals surface area contributed by atoms with E-state index >= 15 is 0 Å². The van der Waals surface area contributed by atoms with Gasteiger partial charge in [0.25, 0.3) is 0 Å². The van der Waals surface area contributed by atoms with Gasteiger partial charge in [0.15, 0.2) is 5.82 Å². The number of nitrogens with one attached hydrogen (secondary N) is 2. The molecular formula is C16H18N4OS. The predicted octanol–water partition coefficient (Wildman–Crippen LogP) is 4.10. The lowest BCUT2D eigenvalue weighted by Crippen LogP contribution is -1.97. The Morgan fingerprint density at radius 2 is 2.27 bits per heavy atom. The Bertz CT molecular complexity index is 819. The highest BCUT2D eigenvalue weighted by molar-refractivity contribution is 7.19. The SMILES string of the molecule is COCc1cnc(Nc2cc(C3CC3)[nH]n2)c2cc(C)sc12. The minimum Gasteiger partial charge on any atom is -0.380 e. The van der Waals surface area contributed by atoms with E-state index in [1.807, 2.05) is 6.20 Å². The van der Waals surface area contributed by atoms with E-state index in [0.29, 0.717) is 12.5 Å². The van der Waals surface area contributed by atoms with Crippen molar-refractivity contribution in [2.45, 2.75) is 32.3 Å². The minimum absolute atomic E-state index is 0.581. The van der Waals surface area contributed by atoms with Crippen LogP contribution in [0.4, 0.5) is 11.6 Å². The van der Waals surface area contributed by atoms with Gasteiger partial charge in [0.05, 0.1) is 6.61 Å². The summed E-state index contributed by atoms with van der Waals surface area (Å²) >= 11 is 1.78. The molecule has 1 aliphatic carbocycles. The third-order valence-electron chi connectivity index (χ3n) is 3.91. The first-order valence-corrected chi connectivity index (χ1v) is 8.25. The molecule has 1 fully saturated rings. The van der Waals surface area contributed by atoms with Crippen molar-refractivity contribution in [3.05, 3.63) is 34.5 Å². The molecule has 22 heavy (non-hydrogen) atoms. The van der Waals surface area contributed by atoms with Crippen molar-refractivity contribution in [1.82, 2.24) is 15.2 Å². The topological polar surface area (TPSA) is 62.8 Å². The fourth-order valence-corrected chi connectivity index (χ4v) is 3.69. The summed E-state index contributed by atoms with van der Waals surface area (Å²) in [5.74, 6) is 2.36. The van der Waals surface area contributed by atoms with Gasteiger partial charge in [-0.3, -0.25) is 5.10 Å². The number of hydrogen-bond donors (Lipinski definition) is 2. The lowest BCUT2D eigenvalue weighted by molar-refractivity contribution is 0.186. The number of aryl methyl sites for hydroxylation is 1. The first kappa shape index (κ1) is 13.7. The lowest BCUT2D eigenvalue weighted by Gasteiger charge is -2.07. The summed E-state index contributed by atoms with van der Waals surface area (Å²) in [6.07, 6.45) is 4.41. The van der Waals surface area contributed by atoms with Gasteiger partial charge in [0.2, 0.25) is 0 Å². The van der Waals surface area contributed by atoms with E-state index in [4.69, 9.17) is 4.74 Å². The highest BCUT2D eigenvalue weighted by atomic mass is 32.1. The highest BCUT2D eigenvalue weighted by Gasteiger charge is 2.25. The molecule has 1 aliphatic rings. The molecule has 6 heteroatoms. The molecule has 0 radical (unpaired) electrons. The van der Waals surface area contributed by atoms with E-state index in [0.717, 1.165) is 22.6 Å². The Morgan fingerprint density at radius 3 is 3.05 bits per heavy atom. The van der Waals surface area contributed by atoms with E-state index in [1.165, 1.54) is 28.1 Å². The van der Waals surface area contributed by atoms with Gasteiger partial charge in [0, 0.05) is 51.5 Å². The number of thiophene rings is 1. The molecule has 0 spiro atoms. The van der Waals surface area contributed by atoms with Crippen molar-refractivity contribution in [1.29, 1.82) is 0 Å². The van der Waals surface area contributed by atoms with Crippen LogP contribution >= 0.6 is 11.3 Å². The third-order valence-corrected chi connectivity index (χ3v) is 5.04. The summed E-state index contributed by atoms with van der Waals surface area (Å²) in [6, 6.07) is 4.26. The van der Waals surface area contributed by atoms with Crippen LogP contribution in [0.15, 0.2) is 18.3 Å². The van der Waals surface area contributed by atoms with Crippen molar-refractivity contribution in [3.8, 4) is 0 Å². The zero-order chi connectivity index (χ0) is 15.1. The number of ether oxygens (including phenoxy) is 1. The fourth-order valence-electron chi connectivity index (χ4n) is 2.68. The van der Waals surface area contributed by atoms with Crippen molar-refractivity contribution in [3.63, 3.8) is 0 Å².